The van der Waals surface area contributed by atoms with Crippen LogP contribution in [0.1, 0.15) is 41.4 Å². The molecule has 0 bridgehead atoms. The molecule has 2 aromatic carbocycles. The molecule has 3 heterocycles. The molecule has 48 heavy (non-hydrogen) atoms. The van der Waals surface area contributed by atoms with Crippen LogP contribution < -0.4 is 15.5 Å². The highest BCUT2D eigenvalue weighted by atomic mass is 32.2. The molecule has 0 atom stereocenters. The molecule has 1 amide bonds. The molecule has 13 nitrogen and oxygen atoms in total. The van der Waals surface area contributed by atoms with E-state index in [4.69, 9.17) is 9.47 Å². The Morgan fingerprint density at radius 2 is 1.77 bits per heavy atom. The molecule has 0 radical (unpaired) electrons. The quantitative estimate of drug-likeness (QED) is 0.306. The van der Waals surface area contributed by atoms with E-state index in [-0.39, 0.29) is 43.5 Å². The lowest BCUT2D eigenvalue weighted by Crippen LogP contribution is -2.37. The zero-order valence-electron chi connectivity index (χ0n) is 27.5. The third-order valence-electron chi connectivity index (χ3n) is 8.32. The van der Waals surface area contributed by atoms with Gasteiger partial charge in [0.25, 0.3) is 5.91 Å². The monoisotopic (exact) mass is 689 g/mol. The second kappa shape index (κ2) is 15.0. The van der Waals surface area contributed by atoms with Crippen molar-refractivity contribution < 1.29 is 36.3 Å². The average molecular weight is 690 g/mol. The second-order valence-electron chi connectivity index (χ2n) is 12.0. The van der Waals surface area contributed by atoms with Crippen molar-refractivity contribution in [1.82, 2.24) is 19.0 Å². The molecule has 0 unspecified atom stereocenters. The Morgan fingerprint density at radius 1 is 1.06 bits per heavy atom. The smallest absolute Gasteiger partial charge is 0.434 e. The number of hydrogen-bond donors (Lipinski definition) is 2. The van der Waals surface area contributed by atoms with E-state index in [1.807, 2.05) is 33.3 Å². The van der Waals surface area contributed by atoms with Gasteiger partial charge >= 0.3 is 6.09 Å². The first-order valence-electron chi connectivity index (χ1n) is 15.8. The van der Waals surface area contributed by atoms with E-state index in [9.17, 15) is 26.8 Å². The first kappa shape index (κ1) is 35.2. The van der Waals surface area contributed by atoms with Gasteiger partial charge in [0, 0.05) is 81.9 Å². The van der Waals surface area contributed by atoms with Crippen molar-refractivity contribution in [3.05, 3.63) is 64.9 Å². The maximum absolute atomic E-state index is 14.0. The highest BCUT2D eigenvalue weighted by Crippen LogP contribution is 2.32. The Hall–Kier alpha value is -4.12. The van der Waals surface area contributed by atoms with Gasteiger partial charge in [0.15, 0.2) is 5.82 Å². The van der Waals surface area contributed by atoms with Crippen molar-refractivity contribution >= 4 is 39.2 Å². The maximum atomic E-state index is 14.0. The van der Waals surface area contributed by atoms with E-state index < -0.39 is 38.6 Å². The maximum Gasteiger partial charge on any atom is 0.434 e. The van der Waals surface area contributed by atoms with Gasteiger partial charge < -0.3 is 29.9 Å². The average Bonchev–Trinajstić information content (AvgIpc) is 3.41. The van der Waals surface area contributed by atoms with Crippen molar-refractivity contribution in [2.75, 3.05) is 76.1 Å². The molecular weight excluding hydrogens is 648 g/mol. The lowest BCUT2D eigenvalue weighted by atomic mass is 10.1. The van der Waals surface area contributed by atoms with Gasteiger partial charge in [-0.25, -0.2) is 22.0 Å². The van der Waals surface area contributed by atoms with Crippen molar-refractivity contribution in [2.45, 2.75) is 43.7 Å². The molecule has 2 aliphatic heterocycles. The van der Waals surface area contributed by atoms with Gasteiger partial charge in [0.05, 0.1) is 22.8 Å². The van der Waals surface area contributed by atoms with Crippen LogP contribution in [0, 0.1) is 11.6 Å². The number of fused-ring (bicyclic) bond motifs is 1. The fraction of sp³-hybridized carbons (Fsp3) is 0.469. The molecule has 1 aromatic heterocycles. The minimum Gasteiger partial charge on any atom is -0.448 e. The summed E-state index contributed by atoms with van der Waals surface area (Å²) in [5.41, 5.74) is 2.45. The summed E-state index contributed by atoms with van der Waals surface area (Å²) in [6.07, 6.45) is 0.764. The largest absolute Gasteiger partial charge is 0.448 e. The van der Waals surface area contributed by atoms with Crippen molar-refractivity contribution in [3.8, 4) is 0 Å². The molecule has 0 aliphatic carbocycles. The molecule has 1 saturated heterocycles. The lowest BCUT2D eigenvalue weighted by molar-refractivity contribution is 0.0904. The van der Waals surface area contributed by atoms with Crippen LogP contribution in [-0.4, -0.2) is 106 Å². The molecule has 260 valence electrons. The summed E-state index contributed by atoms with van der Waals surface area (Å²) in [6, 6.07) is 7.63. The summed E-state index contributed by atoms with van der Waals surface area (Å²) in [7, 11) is 1.61. The van der Waals surface area contributed by atoms with Crippen LogP contribution in [0.25, 0.3) is 0 Å². The van der Waals surface area contributed by atoms with Crippen molar-refractivity contribution in [1.29, 1.82) is 0 Å². The van der Waals surface area contributed by atoms with Gasteiger partial charge in [-0.05, 0) is 64.2 Å². The number of carbonyl (C=O) groups is 2. The van der Waals surface area contributed by atoms with Gasteiger partial charge in [-0.15, -0.1) is 5.10 Å². The third-order valence-corrected chi connectivity index (χ3v) is 10.1. The topological polar surface area (TPSA) is 138 Å². The highest BCUT2D eigenvalue weighted by Gasteiger charge is 2.35. The summed E-state index contributed by atoms with van der Waals surface area (Å²) in [5, 5.41) is 10.6. The number of benzene rings is 2. The molecule has 3 aromatic rings. The number of aromatic nitrogens is 2. The second-order valence-corrected chi connectivity index (χ2v) is 14.0. The van der Waals surface area contributed by atoms with Crippen LogP contribution in [0.15, 0.2) is 41.3 Å². The fourth-order valence-corrected chi connectivity index (χ4v) is 7.12. The van der Waals surface area contributed by atoms with Crippen LogP contribution >= 0.6 is 0 Å². The van der Waals surface area contributed by atoms with Crippen LogP contribution in [-0.2, 0) is 32.5 Å². The van der Waals surface area contributed by atoms with Gasteiger partial charge in [0.2, 0.25) is 10.0 Å². The zero-order chi connectivity index (χ0) is 34.6. The summed E-state index contributed by atoms with van der Waals surface area (Å²) in [6.45, 7) is 4.07. The summed E-state index contributed by atoms with van der Waals surface area (Å²) in [4.78, 5) is 30.4. The number of likely N-dealkylation sites (N-methyl/N-ethyl adjacent to an activating group) is 2. The Kier molecular flexibility index (Phi) is 11.0. The Labute approximate surface area is 278 Å². The summed E-state index contributed by atoms with van der Waals surface area (Å²) in [5.74, 6) is -2.63. The lowest BCUT2D eigenvalue weighted by Gasteiger charge is -2.28. The summed E-state index contributed by atoms with van der Waals surface area (Å²) >= 11 is 0. The Bertz CT molecular complexity index is 1740. The minimum absolute atomic E-state index is 0.0264. The molecule has 16 heteroatoms. The number of nitrogens with one attached hydrogen (secondary N) is 2. The van der Waals surface area contributed by atoms with Gasteiger partial charge in [-0.2, -0.15) is 8.99 Å². The SMILES string of the molecule is CCOC(=O)n1nc(NC(=O)c2ccc(N(C)CCN(C)C)cc2NC2CCOCC2)c2c1CCN(S(=O)(=O)c1cc(F)cc(F)c1)C2. The van der Waals surface area contributed by atoms with Crippen LogP contribution in [0.5, 0.6) is 0 Å². The molecule has 2 aliphatic rings. The Balaban J connectivity index is 1.48. The van der Waals surface area contributed by atoms with E-state index in [2.05, 4.69) is 25.5 Å². The van der Waals surface area contributed by atoms with Gasteiger partial charge in [0.1, 0.15) is 11.6 Å². The number of anilines is 3. The number of hydrogen-bond acceptors (Lipinski definition) is 10. The molecule has 0 spiro atoms. The van der Waals surface area contributed by atoms with Crippen LogP contribution in [0.3, 0.4) is 0 Å². The number of amides is 1. The van der Waals surface area contributed by atoms with E-state index in [0.717, 1.165) is 52.7 Å². The first-order valence-corrected chi connectivity index (χ1v) is 17.2. The van der Waals surface area contributed by atoms with Crippen molar-refractivity contribution in [2.24, 2.45) is 0 Å². The van der Waals surface area contributed by atoms with Gasteiger partial charge in [-0.3, -0.25) is 4.79 Å². The third kappa shape index (κ3) is 7.94. The standard InChI is InChI=1S/C32H41F2N7O6S/c1-5-47-32(43)41-29-8-11-40(48(44,45)25-17-21(33)16-22(34)18-25)20-27(29)30(37-41)36-31(42)26-7-6-24(39(4)13-12-38(2)3)19-28(26)35-23-9-14-46-15-10-23/h6-7,16-19,23,35H,5,8-15,20H2,1-4H3,(H,36,37,42). The number of ether oxygens (including phenoxy) is 2. The fourth-order valence-electron chi connectivity index (χ4n) is 5.66. The number of halogens is 2. The number of nitrogens with zero attached hydrogens (tertiary/aromatic N) is 5. The highest BCUT2D eigenvalue weighted by molar-refractivity contribution is 7.89. The predicted molar refractivity (Wildman–Crippen MR) is 176 cm³/mol. The molecular formula is C32H41F2N7O6S. The van der Waals surface area contributed by atoms with Crippen LogP contribution in [0.2, 0.25) is 0 Å². The van der Waals surface area contributed by atoms with Crippen molar-refractivity contribution in [3.63, 3.8) is 0 Å². The number of sulfonamides is 1. The zero-order valence-corrected chi connectivity index (χ0v) is 28.3. The molecule has 5 rings (SSSR count). The molecule has 0 saturated carbocycles. The van der Waals surface area contributed by atoms with E-state index >= 15 is 0 Å². The predicted octanol–water partition coefficient (Wildman–Crippen LogP) is 3.75. The van der Waals surface area contributed by atoms with E-state index in [0.29, 0.717) is 36.2 Å². The van der Waals surface area contributed by atoms with E-state index in [1.165, 1.54) is 0 Å². The molecule has 2 N–H and O–H groups in total. The molecule has 1 fully saturated rings. The minimum atomic E-state index is -4.36. The van der Waals surface area contributed by atoms with Crippen LogP contribution in [0.4, 0.5) is 30.8 Å². The normalized spacial score (nSPS) is 15.6. The van der Waals surface area contributed by atoms with E-state index in [1.54, 1.807) is 13.0 Å². The number of rotatable bonds is 11. The van der Waals surface area contributed by atoms with Gasteiger partial charge in [-0.1, -0.05) is 0 Å². The number of carbonyl (C=O) groups excluding carboxylic acids is 2. The Morgan fingerprint density at radius 3 is 2.44 bits per heavy atom. The first-order chi connectivity index (χ1) is 22.9. The summed E-state index contributed by atoms with van der Waals surface area (Å²) < 4.78 is 67.6.